The fourth-order valence-electron chi connectivity index (χ4n) is 5.38. The number of amides is 1. The van der Waals surface area contributed by atoms with Gasteiger partial charge in [-0.25, -0.2) is 9.18 Å². The number of fused-ring (bicyclic) bond motifs is 1. The third kappa shape index (κ3) is 7.27. The van der Waals surface area contributed by atoms with Crippen molar-refractivity contribution in [2.75, 3.05) is 26.2 Å². The van der Waals surface area contributed by atoms with Crippen molar-refractivity contribution in [3.8, 4) is 0 Å². The lowest BCUT2D eigenvalue weighted by atomic mass is 9.94. The van der Waals surface area contributed by atoms with Crippen LogP contribution in [0.15, 0.2) is 35.3 Å². The zero-order valence-electron chi connectivity index (χ0n) is 22.7. The zero-order valence-corrected chi connectivity index (χ0v) is 24.2. The van der Waals surface area contributed by atoms with Gasteiger partial charge in [0.05, 0.1) is 10.6 Å². The van der Waals surface area contributed by atoms with Crippen molar-refractivity contribution in [2.45, 2.75) is 51.2 Å². The molecule has 0 atom stereocenters. The van der Waals surface area contributed by atoms with Crippen LogP contribution in [0.25, 0.3) is 5.52 Å². The van der Waals surface area contributed by atoms with Gasteiger partial charge in [0.2, 0.25) is 0 Å². The summed E-state index contributed by atoms with van der Waals surface area (Å²) in [6.07, 6.45) is 1.13. The summed E-state index contributed by atoms with van der Waals surface area (Å²) in [7, 11) is 0. The average molecular weight is 633 g/mol. The van der Waals surface area contributed by atoms with Crippen LogP contribution in [-0.4, -0.2) is 74.6 Å². The normalized spacial score (nSPS) is 17.3. The monoisotopic (exact) mass is 632 g/mol. The first-order chi connectivity index (χ1) is 19.8. The topological polar surface area (TPSA) is 98.1 Å². The smallest absolute Gasteiger partial charge is 0.475 e. The minimum absolute atomic E-state index is 0.0741. The van der Waals surface area contributed by atoms with Crippen LogP contribution in [0.1, 0.15) is 54.2 Å². The number of hydrogen-bond acceptors (Lipinski definition) is 4. The van der Waals surface area contributed by atoms with Crippen LogP contribution in [0.2, 0.25) is 10.2 Å². The highest BCUT2D eigenvalue weighted by atomic mass is 35.5. The molecule has 14 heteroatoms. The maximum Gasteiger partial charge on any atom is 0.490 e. The molecule has 0 spiro atoms. The van der Waals surface area contributed by atoms with Gasteiger partial charge >= 0.3 is 12.1 Å². The number of carboxylic acid groups (broad SMARTS) is 1. The summed E-state index contributed by atoms with van der Waals surface area (Å²) in [5, 5.41) is 7.65. The third-order valence-electron chi connectivity index (χ3n) is 7.76. The van der Waals surface area contributed by atoms with Gasteiger partial charge in [0, 0.05) is 37.4 Å². The Hall–Kier alpha value is -3.09. The summed E-state index contributed by atoms with van der Waals surface area (Å²) in [6.45, 7) is 5.84. The minimum Gasteiger partial charge on any atom is -0.475 e. The quantitative estimate of drug-likeness (QED) is 0.363. The number of benzene rings is 1. The number of nitrogens with one attached hydrogen (secondary N) is 1. The summed E-state index contributed by atoms with van der Waals surface area (Å²) in [4.78, 5) is 41.3. The first-order valence-corrected chi connectivity index (χ1v) is 14.2. The van der Waals surface area contributed by atoms with Gasteiger partial charge in [-0.15, -0.1) is 0 Å². The lowest BCUT2D eigenvalue weighted by molar-refractivity contribution is -0.192. The number of aromatic nitrogens is 2. The Kier molecular flexibility index (Phi) is 9.89. The molecule has 0 radical (unpaired) electrons. The van der Waals surface area contributed by atoms with E-state index in [0.717, 1.165) is 37.4 Å². The first kappa shape index (κ1) is 31.8. The van der Waals surface area contributed by atoms with Crippen molar-refractivity contribution in [1.82, 2.24) is 19.2 Å². The maximum absolute atomic E-state index is 14.7. The van der Waals surface area contributed by atoms with E-state index >= 15 is 0 Å². The molecule has 2 fully saturated rings. The number of aliphatic carboxylic acids is 1. The number of likely N-dealkylation sites (tertiary alicyclic amines) is 2. The maximum atomic E-state index is 14.7. The van der Waals surface area contributed by atoms with Crippen molar-refractivity contribution < 1.29 is 32.3 Å². The molecule has 2 aromatic heterocycles. The summed E-state index contributed by atoms with van der Waals surface area (Å²) in [5.74, 6) is -2.77. The van der Waals surface area contributed by atoms with Crippen LogP contribution in [-0.2, 0) is 11.2 Å². The van der Waals surface area contributed by atoms with Crippen LogP contribution in [0.3, 0.4) is 0 Å². The molecule has 1 aromatic carbocycles. The Morgan fingerprint density at radius 2 is 1.67 bits per heavy atom. The summed E-state index contributed by atoms with van der Waals surface area (Å²) < 4.78 is 48.1. The van der Waals surface area contributed by atoms with E-state index in [4.69, 9.17) is 33.1 Å². The Bertz CT molecular complexity index is 1510. The molecule has 2 N–H and O–H groups in total. The number of carboxylic acids is 1. The lowest BCUT2D eigenvalue weighted by Crippen LogP contribution is -2.49. The van der Waals surface area contributed by atoms with E-state index in [2.05, 4.69) is 16.8 Å². The number of aromatic amines is 1. The van der Waals surface area contributed by atoms with Crippen molar-refractivity contribution >= 4 is 40.6 Å². The standard InChI is InChI=1S/C26H29Cl2FN4O2.C2HF3O2/c1-16-4-8-31(9-5-16)18-6-10-32(11-7-18)26(35)20-13-17(2-3-22(20)29)12-19-15-30-25(34)23-14-21(27)24(28)33(19)23;3-2(4,5)1(6)7/h2-3,13-16,18H,4-12H2,1H3,(H,30,34);(H,6,7). The molecule has 228 valence electrons. The van der Waals surface area contributed by atoms with E-state index in [1.807, 2.05) is 0 Å². The number of carbonyl (C=O) groups excluding carboxylic acids is 1. The molecule has 4 heterocycles. The van der Waals surface area contributed by atoms with E-state index in [-0.39, 0.29) is 27.2 Å². The summed E-state index contributed by atoms with van der Waals surface area (Å²) in [6, 6.07) is 6.60. The van der Waals surface area contributed by atoms with Crippen LogP contribution in [0.5, 0.6) is 0 Å². The van der Waals surface area contributed by atoms with E-state index in [0.29, 0.717) is 36.8 Å². The molecular weight excluding hydrogens is 603 g/mol. The SMILES string of the molecule is CC1CCN(C2CCN(C(=O)c3cc(Cc4c[nH]c(=O)c5cc(Cl)c(Cl)n45)ccc3F)CC2)CC1.O=C(O)C(F)(F)F. The molecule has 2 aliphatic rings. The molecule has 42 heavy (non-hydrogen) atoms. The molecule has 0 bridgehead atoms. The largest absolute Gasteiger partial charge is 0.490 e. The van der Waals surface area contributed by atoms with Crippen LogP contribution >= 0.6 is 23.2 Å². The van der Waals surface area contributed by atoms with Crippen LogP contribution in [0.4, 0.5) is 17.6 Å². The number of piperidine rings is 2. The number of hydrogen-bond donors (Lipinski definition) is 2. The second-order valence-corrected chi connectivity index (χ2v) is 11.4. The molecule has 0 saturated carbocycles. The van der Waals surface area contributed by atoms with Gasteiger partial charge in [0.15, 0.2) is 0 Å². The number of rotatable bonds is 4. The fraction of sp³-hybridized carbons (Fsp3) is 0.464. The Labute approximate surface area is 248 Å². The summed E-state index contributed by atoms with van der Waals surface area (Å²) in [5.41, 5.74) is 1.52. The number of alkyl halides is 3. The Balaban J connectivity index is 0.000000517. The van der Waals surface area contributed by atoms with Gasteiger partial charge in [0.25, 0.3) is 11.5 Å². The molecule has 5 rings (SSSR count). The van der Waals surface area contributed by atoms with Crippen LogP contribution in [0, 0.1) is 11.7 Å². The molecule has 0 unspecified atom stereocenters. The Morgan fingerprint density at radius 1 is 1.05 bits per heavy atom. The predicted molar refractivity (Wildman–Crippen MR) is 150 cm³/mol. The fourth-order valence-corrected chi connectivity index (χ4v) is 5.82. The molecule has 2 aliphatic heterocycles. The zero-order chi connectivity index (χ0) is 30.8. The highest BCUT2D eigenvalue weighted by Gasteiger charge is 2.38. The third-order valence-corrected chi connectivity index (χ3v) is 8.52. The van der Waals surface area contributed by atoms with Gasteiger partial charge in [-0.1, -0.05) is 36.2 Å². The first-order valence-electron chi connectivity index (χ1n) is 13.4. The van der Waals surface area contributed by atoms with E-state index < -0.39 is 18.0 Å². The van der Waals surface area contributed by atoms with Gasteiger partial charge in [0.1, 0.15) is 16.5 Å². The number of nitrogens with zero attached hydrogens (tertiary/aromatic N) is 3. The van der Waals surface area contributed by atoms with E-state index in [1.54, 1.807) is 27.6 Å². The highest BCUT2D eigenvalue weighted by Crippen LogP contribution is 2.28. The second kappa shape index (κ2) is 13.0. The van der Waals surface area contributed by atoms with Gasteiger partial charge in [-0.2, -0.15) is 13.2 Å². The van der Waals surface area contributed by atoms with E-state index in [1.165, 1.54) is 25.0 Å². The lowest BCUT2D eigenvalue weighted by Gasteiger charge is -2.41. The van der Waals surface area contributed by atoms with Crippen molar-refractivity contribution in [3.05, 3.63) is 73.6 Å². The van der Waals surface area contributed by atoms with Crippen molar-refractivity contribution in [3.63, 3.8) is 0 Å². The van der Waals surface area contributed by atoms with Gasteiger partial charge in [-0.3, -0.25) is 14.0 Å². The highest BCUT2D eigenvalue weighted by molar-refractivity contribution is 6.42. The molecule has 8 nitrogen and oxygen atoms in total. The molecule has 1 amide bonds. The summed E-state index contributed by atoms with van der Waals surface area (Å²) >= 11 is 12.5. The molecular formula is C28H30Cl2F4N4O4. The van der Waals surface area contributed by atoms with Crippen molar-refractivity contribution in [2.24, 2.45) is 5.92 Å². The van der Waals surface area contributed by atoms with Crippen LogP contribution < -0.4 is 5.56 Å². The van der Waals surface area contributed by atoms with Gasteiger partial charge in [-0.05, 0) is 68.5 Å². The minimum atomic E-state index is -5.08. The Morgan fingerprint density at radius 3 is 2.26 bits per heavy atom. The second-order valence-electron chi connectivity index (χ2n) is 10.6. The molecule has 0 aliphatic carbocycles. The number of carbonyl (C=O) groups is 2. The molecule has 2 saturated heterocycles. The predicted octanol–water partition coefficient (Wildman–Crippen LogP) is 5.63. The molecule has 3 aromatic rings. The van der Waals surface area contributed by atoms with Gasteiger partial charge < -0.3 is 19.9 Å². The van der Waals surface area contributed by atoms with E-state index in [9.17, 15) is 27.2 Å². The van der Waals surface area contributed by atoms with Crippen molar-refractivity contribution in [1.29, 1.82) is 0 Å². The number of halogens is 6. The average Bonchev–Trinajstić information content (AvgIpc) is 3.26. The number of H-pyrrole nitrogens is 1.